The molecule has 0 aromatic heterocycles. The van der Waals surface area contributed by atoms with Crippen LogP contribution in [-0.2, 0) is 9.59 Å². The Morgan fingerprint density at radius 3 is 2.23 bits per heavy atom. The van der Waals surface area contributed by atoms with Crippen molar-refractivity contribution < 1.29 is 24.7 Å². The second kappa shape index (κ2) is 4.65. The van der Waals surface area contributed by atoms with Gasteiger partial charge in [-0.1, -0.05) is 0 Å². The molecule has 0 saturated heterocycles. The van der Waals surface area contributed by atoms with Gasteiger partial charge in [0.05, 0.1) is 11.2 Å². The van der Waals surface area contributed by atoms with E-state index in [4.69, 9.17) is 10.2 Å². The Balaban J connectivity index is 4.93. The largest absolute Gasteiger partial charge is 0.516 e. The predicted molar refractivity (Wildman–Crippen MR) is 39.5 cm³/mol. The first kappa shape index (κ1) is 10.8. The highest BCUT2D eigenvalue weighted by Gasteiger charge is 2.27. The standard InChI is InChI=1S/C6H5NO6/c8-3-1-2-4(7(12)13)5(9)6(10)11/h1-3,8H,(H,10,11)/b3-1+,4-2+. The number of carbonyl (C=O) groups excluding carboxylic acids is 1. The van der Waals surface area contributed by atoms with Crippen LogP contribution in [0.15, 0.2) is 24.1 Å². The zero-order chi connectivity index (χ0) is 10.4. The fourth-order valence-corrected chi connectivity index (χ4v) is 0.463. The maximum Gasteiger partial charge on any atom is 0.384 e. The van der Waals surface area contributed by atoms with Gasteiger partial charge >= 0.3 is 17.4 Å². The highest BCUT2D eigenvalue weighted by molar-refractivity contribution is 6.38. The molecule has 0 aliphatic heterocycles. The van der Waals surface area contributed by atoms with Gasteiger partial charge in [0.25, 0.3) is 0 Å². The monoisotopic (exact) mass is 187 g/mol. The Hall–Kier alpha value is -2.18. The molecule has 0 rings (SSSR count). The predicted octanol–water partition coefficient (Wildman–Crippen LogP) is -0.128. The van der Waals surface area contributed by atoms with E-state index in [0.29, 0.717) is 12.3 Å². The molecule has 0 unspecified atom stereocenters. The molecule has 7 heteroatoms. The molecule has 0 spiro atoms. The molecule has 0 atom stereocenters. The lowest BCUT2D eigenvalue weighted by molar-refractivity contribution is -0.418. The number of rotatable bonds is 4. The van der Waals surface area contributed by atoms with E-state index in [1.54, 1.807) is 0 Å². The topological polar surface area (TPSA) is 118 Å². The van der Waals surface area contributed by atoms with Crippen molar-refractivity contribution in [3.63, 3.8) is 0 Å². The molecular formula is C6H5NO6. The minimum Gasteiger partial charge on any atom is -0.516 e. The molecule has 0 heterocycles. The van der Waals surface area contributed by atoms with E-state index in [1.807, 2.05) is 0 Å². The minimum absolute atomic E-state index is 0.443. The second-order valence-corrected chi connectivity index (χ2v) is 1.78. The van der Waals surface area contributed by atoms with Crippen molar-refractivity contribution in [2.45, 2.75) is 0 Å². The van der Waals surface area contributed by atoms with Gasteiger partial charge < -0.3 is 10.2 Å². The van der Waals surface area contributed by atoms with Crippen LogP contribution in [0.4, 0.5) is 0 Å². The number of hydrogen-bond donors (Lipinski definition) is 2. The van der Waals surface area contributed by atoms with Crippen molar-refractivity contribution in [1.29, 1.82) is 0 Å². The quantitative estimate of drug-likeness (QED) is 0.158. The summed E-state index contributed by atoms with van der Waals surface area (Å²) in [4.78, 5) is 29.5. The number of Topliss-reactive ketones (excluding diaryl/α,β-unsaturated/α-hetero) is 1. The molecule has 0 radical (unpaired) electrons. The number of carbonyl (C=O) groups is 2. The molecule has 0 aliphatic carbocycles. The van der Waals surface area contributed by atoms with Crippen LogP contribution in [0, 0.1) is 10.1 Å². The van der Waals surface area contributed by atoms with Crippen LogP contribution in [0.2, 0.25) is 0 Å². The maximum atomic E-state index is 10.6. The van der Waals surface area contributed by atoms with Gasteiger partial charge in [-0.15, -0.1) is 0 Å². The van der Waals surface area contributed by atoms with E-state index in [0.717, 1.165) is 6.08 Å². The lowest BCUT2D eigenvalue weighted by Crippen LogP contribution is -2.20. The molecule has 7 nitrogen and oxygen atoms in total. The summed E-state index contributed by atoms with van der Waals surface area (Å²) in [5.41, 5.74) is -1.11. The first-order chi connectivity index (χ1) is 6.00. The summed E-state index contributed by atoms with van der Waals surface area (Å²) in [7, 11) is 0. The van der Waals surface area contributed by atoms with Gasteiger partial charge in [-0.3, -0.25) is 14.9 Å². The van der Waals surface area contributed by atoms with Gasteiger partial charge in [-0.25, -0.2) is 4.79 Å². The first-order valence-corrected chi connectivity index (χ1v) is 2.93. The molecule has 0 saturated carbocycles. The number of aliphatic hydroxyl groups is 1. The molecule has 0 fully saturated rings. The summed E-state index contributed by atoms with van der Waals surface area (Å²) >= 11 is 0. The fraction of sp³-hybridized carbons (Fsp3) is 0. The number of carboxylic acids is 1. The Labute approximate surface area is 71.7 Å². The van der Waals surface area contributed by atoms with Crippen molar-refractivity contribution in [2.24, 2.45) is 0 Å². The van der Waals surface area contributed by atoms with Crippen LogP contribution >= 0.6 is 0 Å². The Bertz CT molecular complexity index is 302. The maximum absolute atomic E-state index is 10.6. The van der Waals surface area contributed by atoms with Gasteiger partial charge in [0.15, 0.2) is 0 Å². The van der Waals surface area contributed by atoms with Crippen LogP contribution in [0.3, 0.4) is 0 Å². The summed E-state index contributed by atoms with van der Waals surface area (Å²) in [5.74, 6) is -3.56. The van der Waals surface area contributed by atoms with Crippen LogP contribution in [0.1, 0.15) is 0 Å². The third kappa shape index (κ3) is 3.14. The SMILES string of the molecule is O=C(O)C(=O)/C(=C\C=C\O)[N+](=O)[O-]. The Kier molecular flexibility index (Phi) is 3.87. The molecule has 0 amide bonds. The normalized spacial score (nSPS) is 11.5. The van der Waals surface area contributed by atoms with Crippen molar-refractivity contribution in [2.75, 3.05) is 0 Å². The lowest BCUT2D eigenvalue weighted by atomic mass is 10.3. The third-order valence-electron chi connectivity index (χ3n) is 0.964. The molecule has 13 heavy (non-hydrogen) atoms. The van der Waals surface area contributed by atoms with Gasteiger partial charge in [0.1, 0.15) is 0 Å². The van der Waals surface area contributed by atoms with E-state index < -0.39 is 22.4 Å². The number of ketones is 1. The molecule has 0 aliphatic rings. The van der Waals surface area contributed by atoms with Crippen molar-refractivity contribution in [1.82, 2.24) is 0 Å². The van der Waals surface area contributed by atoms with Crippen LogP contribution in [0.5, 0.6) is 0 Å². The number of allylic oxidation sites excluding steroid dienone is 2. The number of nitro groups is 1. The molecule has 70 valence electrons. The summed E-state index contributed by atoms with van der Waals surface area (Å²) in [6, 6.07) is 0. The van der Waals surface area contributed by atoms with E-state index in [1.165, 1.54) is 0 Å². The number of aliphatic hydroxyl groups excluding tert-OH is 1. The Morgan fingerprint density at radius 2 is 1.92 bits per heavy atom. The van der Waals surface area contributed by atoms with Crippen LogP contribution in [-0.4, -0.2) is 26.9 Å². The van der Waals surface area contributed by atoms with Gasteiger partial charge in [0, 0.05) is 6.08 Å². The molecule has 2 N–H and O–H groups in total. The molecule has 0 aromatic carbocycles. The summed E-state index contributed by atoms with van der Waals surface area (Å²) in [6.45, 7) is 0. The summed E-state index contributed by atoms with van der Waals surface area (Å²) < 4.78 is 0. The number of carboxylic acid groups (broad SMARTS) is 1. The van der Waals surface area contributed by atoms with Gasteiger partial charge in [0.2, 0.25) is 0 Å². The van der Waals surface area contributed by atoms with E-state index in [-0.39, 0.29) is 0 Å². The average molecular weight is 187 g/mol. The minimum atomic E-state index is -1.92. The lowest BCUT2D eigenvalue weighted by Gasteiger charge is -1.90. The smallest absolute Gasteiger partial charge is 0.384 e. The van der Waals surface area contributed by atoms with Gasteiger partial charge in [-0.05, 0) is 6.08 Å². The van der Waals surface area contributed by atoms with Crippen molar-refractivity contribution >= 4 is 11.8 Å². The second-order valence-electron chi connectivity index (χ2n) is 1.78. The average Bonchev–Trinajstić information content (AvgIpc) is 2.04. The van der Waals surface area contributed by atoms with Crippen LogP contribution < -0.4 is 0 Å². The fourth-order valence-electron chi connectivity index (χ4n) is 0.463. The third-order valence-corrected chi connectivity index (χ3v) is 0.964. The van der Waals surface area contributed by atoms with E-state index in [2.05, 4.69) is 0 Å². The molecule has 0 bridgehead atoms. The zero-order valence-electron chi connectivity index (χ0n) is 6.21. The highest BCUT2D eigenvalue weighted by Crippen LogP contribution is 1.98. The highest BCUT2D eigenvalue weighted by atomic mass is 16.6. The summed E-state index contributed by atoms with van der Waals surface area (Å²) in [6.07, 6.45) is 1.81. The number of hydrogen-bond acceptors (Lipinski definition) is 5. The zero-order valence-corrected chi connectivity index (χ0v) is 6.21. The summed E-state index contributed by atoms with van der Waals surface area (Å²) in [5, 5.41) is 26.3. The van der Waals surface area contributed by atoms with Crippen LogP contribution in [0.25, 0.3) is 0 Å². The molecule has 0 aromatic rings. The number of nitrogens with zero attached hydrogens (tertiary/aromatic N) is 1. The Morgan fingerprint density at radius 1 is 1.38 bits per heavy atom. The van der Waals surface area contributed by atoms with Crippen molar-refractivity contribution in [3.8, 4) is 0 Å². The van der Waals surface area contributed by atoms with E-state index >= 15 is 0 Å². The molecular weight excluding hydrogens is 182 g/mol. The number of aliphatic carboxylic acids is 1. The van der Waals surface area contributed by atoms with E-state index in [9.17, 15) is 19.7 Å². The van der Waals surface area contributed by atoms with Crippen molar-refractivity contribution in [3.05, 3.63) is 34.2 Å². The first-order valence-electron chi connectivity index (χ1n) is 2.93. The van der Waals surface area contributed by atoms with Gasteiger partial charge in [-0.2, -0.15) is 0 Å².